The number of hydrogen-bond acceptors (Lipinski definition) is 4. The fraction of sp³-hybridized carbons (Fsp3) is 0.438. The van der Waals surface area contributed by atoms with E-state index in [1.54, 1.807) is 4.90 Å². The Morgan fingerprint density at radius 3 is 2.59 bits per heavy atom. The van der Waals surface area contributed by atoms with Crippen LogP contribution >= 0.6 is 11.8 Å². The molecule has 0 saturated carbocycles. The number of carbonyl (C=O) groups excluding carboxylic acids is 2. The van der Waals surface area contributed by atoms with Gasteiger partial charge in [-0.15, -0.1) is 0 Å². The van der Waals surface area contributed by atoms with Crippen LogP contribution in [0.25, 0.3) is 0 Å². The first-order chi connectivity index (χ1) is 10.5. The maximum absolute atomic E-state index is 12.1. The number of thioether (sulfide) groups is 1. The van der Waals surface area contributed by atoms with Crippen molar-refractivity contribution in [3.8, 4) is 0 Å². The summed E-state index contributed by atoms with van der Waals surface area (Å²) in [6.45, 7) is 2.17. The molecule has 5 nitrogen and oxygen atoms in total. The number of carboxylic acids is 1. The zero-order valence-corrected chi connectivity index (χ0v) is 13.3. The number of carboxylic acid groups (broad SMARTS) is 1. The van der Waals surface area contributed by atoms with Crippen molar-refractivity contribution >= 4 is 34.4 Å². The number of anilines is 1. The van der Waals surface area contributed by atoms with E-state index < -0.39 is 5.97 Å². The van der Waals surface area contributed by atoms with E-state index >= 15 is 0 Å². The average Bonchev–Trinajstić information content (AvgIpc) is 2.84. The minimum Gasteiger partial charge on any atom is -0.481 e. The molecule has 1 unspecified atom stereocenters. The second-order valence-electron chi connectivity index (χ2n) is 5.44. The van der Waals surface area contributed by atoms with Gasteiger partial charge < -0.3 is 10.0 Å². The lowest BCUT2D eigenvalue weighted by atomic mass is 10.1. The molecule has 0 aliphatic carbocycles. The van der Waals surface area contributed by atoms with E-state index in [2.05, 4.69) is 0 Å². The zero-order valence-electron chi connectivity index (χ0n) is 12.4. The summed E-state index contributed by atoms with van der Waals surface area (Å²) in [7, 11) is 0. The first-order valence-corrected chi connectivity index (χ1v) is 8.18. The zero-order chi connectivity index (χ0) is 16.1. The molecule has 2 rings (SSSR count). The van der Waals surface area contributed by atoms with Gasteiger partial charge in [0.05, 0.1) is 0 Å². The third kappa shape index (κ3) is 4.59. The van der Waals surface area contributed by atoms with Crippen LogP contribution in [0.3, 0.4) is 0 Å². The topological polar surface area (TPSA) is 74.7 Å². The third-order valence-corrected chi connectivity index (χ3v) is 4.65. The van der Waals surface area contributed by atoms with Crippen LogP contribution in [0.1, 0.15) is 25.3 Å². The fourth-order valence-electron chi connectivity index (χ4n) is 2.47. The number of aryl methyl sites for hydroxylation is 1. The molecule has 1 fully saturated rings. The standard InChI is InChI=1S/C16H19NO4S/c1-11(18)22-10-13-8-15(19)17(9-13)14-5-2-12(3-6-14)4-7-16(20)21/h2-3,5-6,13H,4,7-10H2,1H3,(H,20,21). The number of benzene rings is 1. The molecule has 1 aliphatic heterocycles. The molecule has 0 aromatic heterocycles. The predicted octanol–water partition coefficient (Wildman–Crippen LogP) is 2.34. The first kappa shape index (κ1) is 16.5. The Labute approximate surface area is 133 Å². The van der Waals surface area contributed by atoms with Crippen LogP contribution in [-0.2, 0) is 20.8 Å². The summed E-state index contributed by atoms with van der Waals surface area (Å²) >= 11 is 1.27. The lowest BCUT2D eigenvalue weighted by molar-refractivity contribution is -0.137. The predicted molar refractivity (Wildman–Crippen MR) is 86.0 cm³/mol. The van der Waals surface area contributed by atoms with E-state index in [4.69, 9.17) is 5.11 Å². The van der Waals surface area contributed by atoms with Crippen LogP contribution in [-0.4, -0.2) is 34.4 Å². The van der Waals surface area contributed by atoms with Crippen molar-refractivity contribution in [1.82, 2.24) is 0 Å². The molecule has 1 aliphatic rings. The first-order valence-electron chi connectivity index (χ1n) is 7.20. The molecule has 0 bridgehead atoms. The molecule has 1 aromatic carbocycles. The molecule has 1 amide bonds. The SMILES string of the molecule is CC(=O)SCC1CC(=O)N(c2ccc(CCC(=O)O)cc2)C1. The number of hydrogen-bond donors (Lipinski definition) is 1. The Morgan fingerprint density at radius 1 is 1.32 bits per heavy atom. The van der Waals surface area contributed by atoms with E-state index in [9.17, 15) is 14.4 Å². The summed E-state index contributed by atoms with van der Waals surface area (Å²) in [6, 6.07) is 7.44. The van der Waals surface area contributed by atoms with Crippen LogP contribution in [0.5, 0.6) is 0 Å². The average molecular weight is 321 g/mol. The molecule has 1 atom stereocenters. The minimum absolute atomic E-state index is 0.0763. The second kappa shape index (κ2) is 7.45. The van der Waals surface area contributed by atoms with Crippen LogP contribution in [0.2, 0.25) is 0 Å². The van der Waals surface area contributed by atoms with Gasteiger partial charge in [-0.2, -0.15) is 0 Å². The molecule has 0 spiro atoms. The largest absolute Gasteiger partial charge is 0.481 e. The van der Waals surface area contributed by atoms with Gasteiger partial charge in [0.25, 0.3) is 0 Å². The van der Waals surface area contributed by atoms with Gasteiger partial charge in [-0.3, -0.25) is 14.4 Å². The van der Waals surface area contributed by atoms with Gasteiger partial charge in [0.2, 0.25) is 5.91 Å². The number of rotatable bonds is 6. The van der Waals surface area contributed by atoms with Gasteiger partial charge in [0.1, 0.15) is 0 Å². The molecular formula is C16H19NO4S. The van der Waals surface area contributed by atoms with E-state index in [0.717, 1.165) is 11.3 Å². The summed E-state index contributed by atoms with van der Waals surface area (Å²) in [6.07, 6.45) is 1.06. The fourth-order valence-corrected chi connectivity index (χ4v) is 3.17. The van der Waals surface area contributed by atoms with E-state index in [-0.39, 0.29) is 23.4 Å². The molecule has 118 valence electrons. The molecule has 6 heteroatoms. The van der Waals surface area contributed by atoms with Crippen LogP contribution in [0.4, 0.5) is 5.69 Å². The Balaban J connectivity index is 1.95. The lowest BCUT2D eigenvalue weighted by Gasteiger charge is -2.17. The molecule has 1 heterocycles. The Kier molecular flexibility index (Phi) is 5.60. The number of aliphatic carboxylic acids is 1. The van der Waals surface area contributed by atoms with Crippen LogP contribution in [0, 0.1) is 5.92 Å². The Morgan fingerprint density at radius 2 is 2.00 bits per heavy atom. The molecule has 1 N–H and O–H groups in total. The second-order valence-corrected chi connectivity index (χ2v) is 6.63. The van der Waals surface area contributed by atoms with Crippen molar-refractivity contribution in [1.29, 1.82) is 0 Å². The molecular weight excluding hydrogens is 302 g/mol. The number of amides is 1. The summed E-state index contributed by atoms with van der Waals surface area (Å²) < 4.78 is 0. The van der Waals surface area contributed by atoms with E-state index in [1.165, 1.54) is 18.7 Å². The van der Waals surface area contributed by atoms with Crippen molar-refractivity contribution < 1.29 is 19.5 Å². The summed E-state index contributed by atoms with van der Waals surface area (Å²) in [5.74, 6) is 0.138. The highest BCUT2D eigenvalue weighted by atomic mass is 32.2. The lowest BCUT2D eigenvalue weighted by Crippen LogP contribution is -2.24. The summed E-state index contributed by atoms with van der Waals surface area (Å²) in [4.78, 5) is 35.4. The van der Waals surface area contributed by atoms with Crippen molar-refractivity contribution in [3.05, 3.63) is 29.8 Å². The number of nitrogens with zero attached hydrogens (tertiary/aromatic N) is 1. The maximum atomic E-state index is 12.1. The van der Waals surface area contributed by atoms with Crippen molar-refractivity contribution in [3.63, 3.8) is 0 Å². The van der Waals surface area contributed by atoms with Crippen molar-refractivity contribution in [2.75, 3.05) is 17.2 Å². The van der Waals surface area contributed by atoms with Crippen LogP contribution < -0.4 is 4.90 Å². The number of carbonyl (C=O) groups is 3. The van der Waals surface area contributed by atoms with Gasteiger partial charge in [-0.05, 0) is 30.0 Å². The summed E-state index contributed by atoms with van der Waals surface area (Å²) in [5, 5.41) is 8.75. The molecule has 1 aromatic rings. The minimum atomic E-state index is -0.815. The van der Waals surface area contributed by atoms with Gasteiger partial charge >= 0.3 is 5.97 Å². The normalized spacial score (nSPS) is 17.8. The summed E-state index contributed by atoms with van der Waals surface area (Å²) in [5.41, 5.74) is 1.78. The van der Waals surface area contributed by atoms with Crippen molar-refractivity contribution in [2.24, 2.45) is 5.92 Å². The van der Waals surface area contributed by atoms with E-state index in [0.29, 0.717) is 25.1 Å². The van der Waals surface area contributed by atoms with Gasteiger partial charge in [-0.1, -0.05) is 23.9 Å². The van der Waals surface area contributed by atoms with Gasteiger partial charge in [-0.25, -0.2) is 0 Å². The molecule has 22 heavy (non-hydrogen) atoms. The molecule has 0 radical (unpaired) electrons. The van der Waals surface area contributed by atoms with Gasteiger partial charge in [0, 0.05) is 37.8 Å². The monoisotopic (exact) mass is 321 g/mol. The maximum Gasteiger partial charge on any atom is 0.303 e. The highest BCUT2D eigenvalue weighted by Gasteiger charge is 2.30. The van der Waals surface area contributed by atoms with Crippen molar-refractivity contribution in [2.45, 2.75) is 26.2 Å². The Hall–Kier alpha value is -1.82. The molecule has 1 saturated heterocycles. The highest BCUT2D eigenvalue weighted by Crippen LogP contribution is 2.27. The third-order valence-electron chi connectivity index (χ3n) is 3.60. The van der Waals surface area contributed by atoms with Gasteiger partial charge in [0.15, 0.2) is 5.12 Å². The highest BCUT2D eigenvalue weighted by molar-refractivity contribution is 8.13. The Bertz CT molecular complexity index is 570. The quantitative estimate of drug-likeness (QED) is 0.870. The van der Waals surface area contributed by atoms with E-state index in [1.807, 2.05) is 24.3 Å². The smallest absolute Gasteiger partial charge is 0.303 e. The van der Waals surface area contributed by atoms with Crippen LogP contribution in [0.15, 0.2) is 24.3 Å².